The number of rotatable bonds is 3. The van der Waals surface area contributed by atoms with E-state index in [0.29, 0.717) is 5.82 Å². The number of aromatic amines is 1. The predicted molar refractivity (Wildman–Crippen MR) is 94.4 cm³/mol. The van der Waals surface area contributed by atoms with Crippen LogP contribution in [0.25, 0.3) is 22.6 Å². The minimum absolute atomic E-state index is 0.0303. The fourth-order valence-corrected chi connectivity index (χ4v) is 3.32. The van der Waals surface area contributed by atoms with Gasteiger partial charge >= 0.3 is 0 Å². The van der Waals surface area contributed by atoms with Gasteiger partial charge in [0.2, 0.25) is 5.95 Å². The van der Waals surface area contributed by atoms with E-state index in [2.05, 4.69) is 15.0 Å². The SMILES string of the molecule is Cc1ccccc1-c1nc2c(=O)[nH]c(N)nc2n1[C@H]1C[C@H](O)[C@@H](CO)O1. The van der Waals surface area contributed by atoms with E-state index in [1.54, 1.807) is 4.57 Å². The Morgan fingerprint density at radius 1 is 1.38 bits per heavy atom. The lowest BCUT2D eigenvalue weighted by atomic mass is 10.1. The first-order valence-electron chi connectivity index (χ1n) is 8.27. The third kappa shape index (κ3) is 2.57. The number of H-pyrrole nitrogens is 1. The number of ether oxygens (including phenoxy) is 1. The number of anilines is 1. The first-order chi connectivity index (χ1) is 12.5. The Balaban J connectivity index is 1.99. The number of hydrogen-bond donors (Lipinski definition) is 4. The van der Waals surface area contributed by atoms with E-state index in [-0.39, 0.29) is 30.1 Å². The van der Waals surface area contributed by atoms with Crippen LogP contribution in [-0.4, -0.2) is 48.5 Å². The Hall–Kier alpha value is -2.75. The second kappa shape index (κ2) is 6.20. The van der Waals surface area contributed by atoms with Gasteiger partial charge in [0.05, 0.1) is 12.7 Å². The molecule has 0 spiro atoms. The predicted octanol–water partition coefficient (Wildman–Crippen LogP) is 0.318. The molecular formula is C17H19N5O4. The molecule has 26 heavy (non-hydrogen) atoms. The molecule has 1 aromatic carbocycles. The standard InChI is InChI=1S/C17H19N5O4/c1-8-4-2-3-5-9(8)14-19-13-15(20-17(18)21-16(13)25)22(14)12-6-10(24)11(7-23)26-12/h2-5,10-12,23-24H,6-7H2,1H3,(H3,18,20,21,25)/t10-,11+,12+/m0/s1. The maximum absolute atomic E-state index is 12.3. The average molecular weight is 357 g/mol. The number of nitrogens with one attached hydrogen (secondary N) is 1. The Kier molecular flexibility index (Phi) is 3.98. The molecule has 2 aromatic heterocycles. The van der Waals surface area contributed by atoms with Crippen molar-refractivity contribution in [2.75, 3.05) is 12.3 Å². The third-order valence-electron chi connectivity index (χ3n) is 4.63. The van der Waals surface area contributed by atoms with Crippen molar-refractivity contribution >= 4 is 17.1 Å². The molecule has 136 valence electrons. The normalized spacial score (nSPS) is 23.0. The molecule has 4 rings (SSSR count). The van der Waals surface area contributed by atoms with Gasteiger partial charge in [0.1, 0.15) is 18.2 Å². The molecule has 0 aliphatic carbocycles. The van der Waals surface area contributed by atoms with Crippen molar-refractivity contribution in [3.63, 3.8) is 0 Å². The molecule has 9 heteroatoms. The molecule has 9 nitrogen and oxygen atoms in total. The van der Waals surface area contributed by atoms with Gasteiger partial charge < -0.3 is 20.7 Å². The van der Waals surface area contributed by atoms with E-state index < -0.39 is 24.0 Å². The Morgan fingerprint density at radius 2 is 2.15 bits per heavy atom. The van der Waals surface area contributed by atoms with Crippen molar-refractivity contribution in [3.05, 3.63) is 40.2 Å². The summed E-state index contributed by atoms with van der Waals surface area (Å²) in [7, 11) is 0. The number of fused-ring (bicyclic) bond motifs is 1. The van der Waals surface area contributed by atoms with Crippen LogP contribution in [0, 0.1) is 6.92 Å². The van der Waals surface area contributed by atoms with Gasteiger partial charge in [-0.3, -0.25) is 14.3 Å². The summed E-state index contributed by atoms with van der Waals surface area (Å²) < 4.78 is 7.46. The van der Waals surface area contributed by atoms with Gasteiger partial charge in [0.25, 0.3) is 5.56 Å². The topological polar surface area (TPSA) is 139 Å². The lowest BCUT2D eigenvalue weighted by Crippen LogP contribution is -2.24. The number of nitrogens with two attached hydrogens (primary N) is 1. The molecular weight excluding hydrogens is 338 g/mol. The van der Waals surface area contributed by atoms with E-state index in [4.69, 9.17) is 10.5 Å². The van der Waals surface area contributed by atoms with Crippen LogP contribution >= 0.6 is 0 Å². The quantitative estimate of drug-likeness (QED) is 0.529. The number of aliphatic hydroxyl groups excluding tert-OH is 2. The molecule has 0 bridgehead atoms. The molecule has 1 aliphatic heterocycles. The van der Waals surface area contributed by atoms with Crippen molar-refractivity contribution in [1.82, 2.24) is 19.5 Å². The fraction of sp³-hybridized carbons (Fsp3) is 0.353. The molecule has 5 N–H and O–H groups in total. The lowest BCUT2D eigenvalue weighted by molar-refractivity contribution is -0.0426. The van der Waals surface area contributed by atoms with Crippen LogP contribution in [0.2, 0.25) is 0 Å². The lowest BCUT2D eigenvalue weighted by Gasteiger charge is -2.17. The van der Waals surface area contributed by atoms with Gasteiger partial charge in [-0.15, -0.1) is 0 Å². The van der Waals surface area contributed by atoms with Crippen LogP contribution in [-0.2, 0) is 4.74 Å². The third-order valence-corrected chi connectivity index (χ3v) is 4.63. The summed E-state index contributed by atoms with van der Waals surface area (Å²) in [5.41, 5.74) is 7.46. The molecule has 3 aromatic rings. The highest BCUT2D eigenvalue weighted by atomic mass is 16.5. The van der Waals surface area contributed by atoms with Gasteiger partial charge in [-0.2, -0.15) is 4.98 Å². The average Bonchev–Trinajstić information content (AvgIpc) is 3.15. The molecule has 1 aliphatic rings. The summed E-state index contributed by atoms with van der Waals surface area (Å²) in [4.78, 5) is 23.5. The van der Waals surface area contributed by atoms with Gasteiger partial charge in [-0.25, -0.2) is 4.98 Å². The van der Waals surface area contributed by atoms with Crippen molar-refractivity contribution < 1.29 is 14.9 Å². The Labute approximate surface area is 148 Å². The zero-order chi connectivity index (χ0) is 18.4. The Morgan fingerprint density at radius 3 is 2.85 bits per heavy atom. The van der Waals surface area contributed by atoms with Gasteiger partial charge in [0, 0.05) is 12.0 Å². The van der Waals surface area contributed by atoms with Crippen molar-refractivity contribution in [1.29, 1.82) is 0 Å². The summed E-state index contributed by atoms with van der Waals surface area (Å²) in [6.45, 7) is 1.63. The van der Waals surface area contributed by atoms with Crippen molar-refractivity contribution in [2.24, 2.45) is 0 Å². The van der Waals surface area contributed by atoms with E-state index in [1.165, 1.54) is 0 Å². The molecule has 0 radical (unpaired) electrons. The largest absolute Gasteiger partial charge is 0.394 e. The molecule has 3 atom stereocenters. The molecule has 1 saturated heterocycles. The second-order valence-corrected chi connectivity index (χ2v) is 6.36. The zero-order valence-electron chi connectivity index (χ0n) is 14.1. The van der Waals surface area contributed by atoms with Crippen molar-refractivity contribution in [3.8, 4) is 11.4 Å². The number of nitrogen functional groups attached to an aromatic ring is 1. The summed E-state index contributed by atoms with van der Waals surface area (Å²) in [6, 6.07) is 7.61. The van der Waals surface area contributed by atoms with Crippen LogP contribution in [0.4, 0.5) is 5.95 Å². The van der Waals surface area contributed by atoms with Crippen LogP contribution in [0.1, 0.15) is 18.2 Å². The Bertz CT molecular complexity index is 1030. The molecule has 3 heterocycles. The maximum Gasteiger partial charge on any atom is 0.280 e. The van der Waals surface area contributed by atoms with Crippen LogP contribution < -0.4 is 11.3 Å². The van der Waals surface area contributed by atoms with Crippen molar-refractivity contribution in [2.45, 2.75) is 31.8 Å². The van der Waals surface area contributed by atoms with E-state index in [0.717, 1.165) is 11.1 Å². The minimum atomic E-state index is -0.827. The highest BCUT2D eigenvalue weighted by molar-refractivity contribution is 5.78. The number of aromatic nitrogens is 4. The van der Waals surface area contributed by atoms with Gasteiger partial charge in [-0.1, -0.05) is 24.3 Å². The molecule has 0 unspecified atom stereocenters. The first-order valence-corrected chi connectivity index (χ1v) is 8.27. The van der Waals surface area contributed by atoms with Gasteiger partial charge in [-0.05, 0) is 12.5 Å². The highest BCUT2D eigenvalue weighted by Crippen LogP contribution is 2.35. The number of imidazole rings is 1. The fourth-order valence-electron chi connectivity index (χ4n) is 3.32. The second-order valence-electron chi connectivity index (χ2n) is 6.36. The number of nitrogens with zero attached hydrogens (tertiary/aromatic N) is 3. The summed E-state index contributed by atoms with van der Waals surface area (Å²) in [5, 5.41) is 19.5. The first kappa shape index (κ1) is 16.7. The van der Waals surface area contributed by atoms with Crippen LogP contribution in [0.3, 0.4) is 0 Å². The number of benzene rings is 1. The van der Waals surface area contributed by atoms with Gasteiger partial charge in [0.15, 0.2) is 11.2 Å². The summed E-state index contributed by atoms with van der Waals surface area (Å²) >= 11 is 0. The number of hydrogen-bond acceptors (Lipinski definition) is 7. The van der Waals surface area contributed by atoms with Crippen LogP contribution in [0.5, 0.6) is 0 Å². The molecule has 0 saturated carbocycles. The van der Waals surface area contributed by atoms with E-state index in [1.807, 2.05) is 31.2 Å². The maximum atomic E-state index is 12.3. The number of aliphatic hydroxyl groups is 2. The molecule has 0 amide bonds. The van der Waals surface area contributed by atoms with E-state index in [9.17, 15) is 15.0 Å². The zero-order valence-corrected chi connectivity index (χ0v) is 14.1. The molecule has 1 fully saturated rings. The summed E-state index contributed by atoms with van der Waals surface area (Å²) in [5.74, 6) is 0.467. The minimum Gasteiger partial charge on any atom is -0.394 e. The van der Waals surface area contributed by atoms with E-state index >= 15 is 0 Å². The smallest absolute Gasteiger partial charge is 0.280 e. The summed E-state index contributed by atoms with van der Waals surface area (Å²) in [6.07, 6.45) is -1.92. The number of aryl methyl sites for hydroxylation is 1. The van der Waals surface area contributed by atoms with Crippen LogP contribution in [0.15, 0.2) is 29.1 Å². The highest BCUT2D eigenvalue weighted by Gasteiger charge is 2.37. The monoisotopic (exact) mass is 357 g/mol.